The zero-order chi connectivity index (χ0) is 18.1. The Hall–Kier alpha value is -2.76. The van der Waals surface area contributed by atoms with E-state index in [9.17, 15) is 4.79 Å². The first-order valence-corrected chi connectivity index (χ1v) is 8.40. The molecule has 2 aromatic rings. The molecule has 0 aromatic heterocycles. The summed E-state index contributed by atoms with van der Waals surface area (Å²) in [6, 6.07) is 10.6. The minimum absolute atomic E-state index is 0.179. The van der Waals surface area contributed by atoms with E-state index in [1.807, 2.05) is 6.07 Å². The summed E-state index contributed by atoms with van der Waals surface area (Å²) in [5.74, 6) is 0.953. The van der Waals surface area contributed by atoms with Gasteiger partial charge in [-0.2, -0.15) is 0 Å². The summed E-state index contributed by atoms with van der Waals surface area (Å²) < 4.78 is 15.7. The highest BCUT2D eigenvalue weighted by molar-refractivity contribution is 6.42. The molecule has 4 rings (SSSR count). The zero-order valence-corrected chi connectivity index (χ0v) is 14.8. The lowest BCUT2D eigenvalue weighted by molar-refractivity contribution is -0.129. The van der Waals surface area contributed by atoms with E-state index >= 15 is 0 Å². The van der Waals surface area contributed by atoms with Gasteiger partial charge in [0.2, 0.25) is 12.7 Å². The lowest BCUT2D eigenvalue weighted by Gasteiger charge is -1.99. The minimum atomic E-state index is -0.528. The summed E-state index contributed by atoms with van der Waals surface area (Å²) in [6.07, 6.45) is 4.87. The number of benzene rings is 2. The number of halogens is 2. The van der Waals surface area contributed by atoms with Gasteiger partial charge in [0.05, 0.1) is 10.0 Å². The molecule has 2 aliphatic rings. The number of fused-ring (bicyclic) bond motifs is 1. The third-order valence-corrected chi connectivity index (χ3v) is 4.56. The van der Waals surface area contributed by atoms with E-state index < -0.39 is 5.97 Å². The van der Waals surface area contributed by atoms with Crippen molar-refractivity contribution in [1.82, 2.24) is 0 Å². The molecule has 5 nitrogen and oxygen atoms in total. The molecule has 2 heterocycles. The van der Waals surface area contributed by atoms with E-state index in [0.717, 1.165) is 5.56 Å². The molecule has 0 saturated carbocycles. The summed E-state index contributed by atoms with van der Waals surface area (Å²) in [6.45, 7) is 0.191. The van der Waals surface area contributed by atoms with E-state index in [4.69, 9.17) is 37.4 Å². The van der Waals surface area contributed by atoms with Gasteiger partial charge < -0.3 is 14.2 Å². The Kier molecular flexibility index (Phi) is 4.41. The molecule has 0 amide bonds. The molecule has 0 atom stereocenters. The van der Waals surface area contributed by atoms with Gasteiger partial charge in [0.15, 0.2) is 17.2 Å². The van der Waals surface area contributed by atoms with Crippen LogP contribution in [0.5, 0.6) is 11.5 Å². The van der Waals surface area contributed by atoms with Gasteiger partial charge in [0.1, 0.15) is 0 Å². The monoisotopic (exact) mass is 387 g/mol. The molecule has 2 aromatic carbocycles. The highest BCUT2D eigenvalue weighted by Gasteiger charge is 2.22. The molecule has 0 spiro atoms. The summed E-state index contributed by atoms with van der Waals surface area (Å²) in [5, 5.41) is 0.869. The number of carbonyl (C=O) groups excluding carboxylic acids is 1. The Bertz CT molecular complexity index is 995. The Balaban J connectivity index is 1.57. The van der Waals surface area contributed by atoms with Gasteiger partial charge in [-0.25, -0.2) is 9.79 Å². The largest absolute Gasteiger partial charge is 0.454 e. The fourth-order valence-electron chi connectivity index (χ4n) is 2.47. The van der Waals surface area contributed by atoms with Crippen molar-refractivity contribution >= 4 is 47.2 Å². The molecular weight excluding hydrogens is 377 g/mol. The van der Waals surface area contributed by atoms with Crippen LogP contribution in [-0.2, 0) is 9.53 Å². The number of ether oxygens (including phenoxy) is 3. The van der Waals surface area contributed by atoms with Crippen molar-refractivity contribution in [2.75, 3.05) is 6.79 Å². The quantitative estimate of drug-likeness (QED) is 0.564. The summed E-state index contributed by atoms with van der Waals surface area (Å²) in [7, 11) is 0. The molecule has 26 heavy (non-hydrogen) atoms. The first kappa shape index (κ1) is 16.7. The molecule has 0 radical (unpaired) electrons. The predicted molar refractivity (Wildman–Crippen MR) is 99.6 cm³/mol. The summed E-state index contributed by atoms with van der Waals surface area (Å²) >= 11 is 12.1. The van der Waals surface area contributed by atoms with Gasteiger partial charge in [-0.15, -0.1) is 0 Å². The van der Waals surface area contributed by atoms with Gasteiger partial charge in [-0.1, -0.05) is 41.4 Å². The normalized spacial score (nSPS) is 17.1. The first-order valence-electron chi connectivity index (χ1n) is 7.64. The van der Waals surface area contributed by atoms with Gasteiger partial charge in [-0.05, 0) is 41.5 Å². The average molecular weight is 388 g/mol. The number of hydrogen-bond acceptors (Lipinski definition) is 5. The SMILES string of the molecule is O=C1OC(C=Cc2cccc(Cl)c2Cl)=NC1=Cc1ccc2c(c1)OCO2. The lowest BCUT2D eigenvalue weighted by atomic mass is 10.1. The second-order valence-corrected chi connectivity index (χ2v) is 6.24. The van der Waals surface area contributed by atoms with E-state index in [2.05, 4.69) is 4.99 Å². The van der Waals surface area contributed by atoms with Crippen LogP contribution in [0.3, 0.4) is 0 Å². The van der Waals surface area contributed by atoms with Crippen LogP contribution in [0.4, 0.5) is 0 Å². The number of nitrogens with zero attached hydrogens (tertiary/aromatic N) is 1. The fraction of sp³-hybridized carbons (Fsp3) is 0.0526. The van der Waals surface area contributed by atoms with Crippen molar-refractivity contribution in [2.45, 2.75) is 0 Å². The van der Waals surface area contributed by atoms with Crippen LogP contribution >= 0.6 is 23.2 Å². The third kappa shape index (κ3) is 3.31. The average Bonchev–Trinajstić information content (AvgIpc) is 3.23. The topological polar surface area (TPSA) is 57.1 Å². The molecule has 0 unspecified atom stereocenters. The van der Waals surface area contributed by atoms with Crippen molar-refractivity contribution in [1.29, 1.82) is 0 Å². The van der Waals surface area contributed by atoms with Crippen LogP contribution < -0.4 is 9.47 Å². The van der Waals surface area contributed by atoms with Crippen LogP contribution in [-0.4, -0.2) is 18.7 Å². The van der Waals surface area contributed by atoms with Crippen molar-refractivity contribution in [3.8, 4) is 11.5 Å². The van der Waals surface area contributed by atoms with Crippen molar-refractivity contribution < 1.29 is 19.0 Å². The molecule has 7 heteroatoms. The molecule has 2 aliphatic heterocycles. The molecule has 0 bridgehead atoms. The number of esters is 1. The van der Waals surface area contributed by atoms with Gasteiger partial charge >= 0.3 is 5.97 Å². The fourth-order valence-corrected chi connectivity index (χ4v) is 2.84. The molecule has 0 saturated heterocycles. The van der Waals surface area contributed by atoms with Crippen LogP contribution in [0.15, 0.2) is 53.2 Å². The van der Waals surface area contributed by atoms with Crippen LogP contribution in [0, 0.1) is 0 Å². The lowest BCUT2D eigenvalue weighted by Crippen LogP contribution is -2.01. The Morgan fingerprint density at radius 3 is 2.77 bits per heavy atom. The second-order valence-electron chi connectivity index (χ2n) is 5.46. The minimum Gasteiger partial charge on any atom is -0.454 e. The Labute approximate surface area is 159 Å². The van der Waals surface area contributed by atoms with Crippen LogP contribution in [0.2, 0.25) is 10.0 Å². The number of carbonyl (C=O) groups is 1. The van der Waals surface area contributed by atoms with E-state index in [1.54, 1.807) is 48.6 Å². The maximum absolute atomic E-state index is 12.0. The number of rotatable bonds is 3. The van der Waals surface area contributed by atoms with Crippen LogP contribution in [0.25, 0.3) is 12.2 Å². The molecule has 0 N–H and O–H groups in total. The third-order valence-electron chi connectivity index (χ3n) is 3.72. The van der Waals surface area contributed by atoms with Gasteiger partial charge in [-0.3, -0.25) is 0 Å². The van der Waals surface area contributed by atoms with Gasteiger partial charge in [0, 0.05) is 6.08 Å². The second kappa shape index (κ2) is 6.86. The van der Waals surface area contributed by atoms with Gasteiger partial charge in [0.25, 0.3) is 0 Å². The maximum Gasteiger partial charge on any atom is 0.363 e. The predicted octanol–water partition coefficient (Wildman–Crippen LogP) is 4.73. The first-order chi connectivity index (χ1) is 12.6. The maximum atomic E-state index is 12.0. The molecular formula is C19H11Cl2NO4. The number of aliphatic imine (C=N–C) groups is 1. The van der Waals surface area contributed by atoms with Crippen molar-refractivity contribution in [3.05, 3.63) is 69.3 Å². The van der Waals surface area contributed by atoms with Crippen molar-refractivity contribution in [2.24, 2.45) is 4.99 Å². The standard InChI is InChI=1S/C19H11Cl2NO4/c20-13-3-1-2-12(18(13)21)5-7-17-22-14(19(23)26-17)8-11-4-6-15-16(9-11)25-10-24-15/h1-9H,10H2. The summed E-state index contributed by atoms with van der Waals surface area (Å²) in [4.78, 5) is 16.2. The molecule has 130 valence electrons. The Morgan fingerprint density at radius 2 is 1.88 bits per heavy atom. The van der Waals surface area contributed by atoms with E-state index in [-0.39, 0.29) is 18.4 Å². The smallest absolute Gasteiger partial charge is 0.363 e. The number of cyclic esters (lactones) is 1. The highest BCUT2D eigenvalue weighted by atomic mass is 35.5. The Morgan fingerprint density at radius 1 is 1.04 bits per heavy atom. The molecule has 0 aliphatic carbocycles. The van der Waals surface area contributed by atoms with E-state index in [1.165, 1.54) is 0 Å². The summed E-state index contributed by atoms with van der Waals surface area (Å²) in [5.41, 5.74) is 1.65. The number of hydrogen-bond donors (Lipinski definition) is 0. The van der Waals surface area contributed by atoms with Crippen LogP contribution in [0.1, 0.15) is 11.1 Å². The van der Waals surface area contributed by atoms with Crippen molar-refractivity contribution in [3.63, 3.8) is 0 Å². The molecule has 0 fully saturated rings. The zero-order valence-electron chi connectivity index (χ0n) is 13.2. The van der Waals surface area contributed by atoms with E-state index in [0.29, 0.717) is 27.1 Å². The highest BCUT2D eigenvalue weighted by Crippen LogP contribution is 2.33.